The van der Waals surface area contributed by atoms with Gasteiger partial charge >= 0.3 is 0 Å². The number of nitrogens with zero attached hydrogens (tertiary/aromatic N) is 2. The molecule has 0 aromatic heterocycles. The molecule has 0 unspecified atom stereocenters. The van der Waals surface area contributed by atoms with Crippen LogP contribution in [0, 0.1) is 0 Å². The van der Waals surface area contributed by atoms with Crippen LogP contribution in [0.3, 0.4) is 0 Å². The van der Waals surface area contributed by atoms with Crippen LogP contribution in [0.4, 0.5) is 0 Å². The normalized spacial score (nSPS) is 21.5. The molecule has 24 heavy (non-hydrogen) atoms. The molecule has 4 heteroatoms. The van der Waals surface area contributed by atoms with Crippen molar-refractivity contribution in [3.05, 3.63) is 35.9 Å². The number of likely N-dealkylation sites (tertiary alicyclic amines) is 1. The second-order valence-electron chi connectivity index (χ2n) is 7.33. The summed E-state index contributed by atoms with van der Waals surface area (Å²) >= 11 is 0. The molecule has 1 saturated carbocycles. The molecular formula is C20H32N4. The average molecular weight is 329 g/mol. The van der Waals surface area contributed by atoms with E-state index < -0.39 is 0 Å². The van der Waals surface area contributed by atoms with E-state index in [1.54, 1.807) is 0 Å². The van der Waals surface area contributed by atoms with Gasteiger partial charge in [0.2, 0.25) is 0 Å². The molecule has 2 N–H and O–H groups in total. The summed E-state index contributed by atoms with van der Waals surface area (Å²) in [5.74, 6) is 0.964. The molecular weight excluding hydrogens is 296 g/mol. The summed E-state index contributed by atoms with van der Waals surface area (Å²) in [6.07, 6.45) is 6.23. The Labute approximate surface area is 146 Å². The van der Waals surface area contributed by atoms with Crippen LogP contribution in [0.15, 0.2) is 35.3 Å². The molecule has 0 radical (unpaired) electrons. The van der Waals surface area contributed by atoms with E-state index in [1.807, 2.05) is 7.05 Å². The highest BCUT2D eigenvalue weighted by Crippen LogP contribution is 2.47. The van der Waals surface area contributed by atoms with Gasteiger partial charge in [0.05, 0.1) is 0 Å². The largest absolute Gasteiger partial charge is 0.356 e. The van der Waals surface area contributed by atoms with Gasteiger partial charge in [0, 0.05) is 38.1 Å². The minimum absolute atomic E-state index is 0.323. The van der Waals surface area contributed by atoms with Gasteiger partial charge in [-0.1, -0.05) is 37.3 Å². The van der Waals surface area contributed by atoms with Gasteiger partial charge in [0.15, 0.2) is 5.96 Å². The van der Waals surface area contributed by atoms with E-state index in [0.717, 1.165) is 12.5 Å². The lowest BCUT2D eigenvalue weighted by molar-refractivity contribution is 0.206. The molecule has 0 atom stereocenters. The maximum atomic E-state index is 4.44. The highest BCUT2D eigenvalue weighted by atomic mass is 15.2. The minimum Gasteiger partial charge on any atom is -0.356 e. The Hall–Kier alpha value is -1.55. The predicted octanol–water partition coefficient (Wildman–Crippen LogP) is 2.76. The van der Waals surface area contributed by atoms with E-state index in [1.165, 1.54) is 57.3 Å². The SMILES string of the molecule is CCCN1CCC(NC(=NC)NCC2(c3ccccc3)CC2)CC1. The van der Waals surface area contributed by atoms with E-state index >= 15 is 0 Å². The fourth-order valence-corrected chi connectivity index (χ4v) is 3.77. The van der Waals surface area contributed by atoms with Gasteiger partial charge in [-0.15, -0.1) is 0 Å². The van der Waals surface area contributed by atoms with Gasteiger partial charge in [-0.05, 0) is 44.2 Å². The first-order chi connectivity index (χ1) is 11.8. The van der Waals surface area contributed by atoms with Crippen LogP contribution in [0.1, 0.15) is 44.6 Å². The Balaban J connectivity index is 1.46. The molecule has 1 saturated heterocycles. The smallest absolute Gasteiger partial charge is 0.191 e. The van der Waals surface area contributed by atoms with Crippen molar-refractivity contribution in [3.63, 3.8) is 0 Å². The van der Waals surface area contributed by atoms with Gasteiger partial charge in [0.1, 0.15) is 0 Å². The minimum atomic E-state index is 0.323. The first-order valence-electron chi connectivity index (χ1n) is 9.51. The molecule has 2 fully saturated rings. The topological polar surface area (TPSA) is 39.7 Å². The third-order valence-corrected chi connectivity index (χ3v) is 5.53. The lowest BCUT2D eigenvalue weighted by atomic mass is 9.96. The van der Waals surface area contributed by atoms with E-state index in [0.29, 0.717) is 11.5 Å². The summed E-state index contributed by atoms with van der Waals surface area (Å²) in [5.41, 5.74) is 1.78. The molecule has 1 heterocycles. The van der Waals surface area contributed by atoms with Crippen molar-refractivity contribution >= 4 is 5.96 Å². The number of hydrogen-bond acceptors (Lipinski definition) is 2. The maximum absolute atomic E-state index is 4.44. The molecule has 0 amide bonds. The average Bonchev–Trinajstić information content (AvgIpc) is 3.42. The maximum Gasteiger partial charge on any atom is 0.191 e. The molecule has 132 valence electrons. The summed E-state index contributed by atoms with van der Waals surface area (Å²) in [4.78, 5) is 7.02. The Morgan fingerprint density at radius 2 is 1.92 bits per heavy atom. The van der Waals surface area contributed by atoms with Crippen LogP contribution >= 0.6 is 0 Å². The van der Waals surface area contributed by atoms with E-state index in [4.69, 9.17) is 0 Å². The van der Waals surface area contributed by atoms with Crippen molar-refractivity contribution in [1.82, 2.24) is 15.5 Å². The third-order valence-electron chi connectivity index (χ3n) is 5.53. The zero-order chi connectivity index (χ0) is 16.8. The van der Waals surface area contributed by atoms with Crippen LogP contribution in [-0.2, 0) is 5.41 Å². The van der Waals surface area contributed by atoms with Crippen molar-refractivity contribution < 1.29 is 0 Å². The van der Waals surface area contributed by atoms with Gasteiger partial charge in [-0.3, -0.25) is 4.99 Å². The fraction of sp³-hybridized carbons (Fsp3) is 0.650. The van der Waals surface area contributed by atoms with Gasteiger partial charge < -0.3 is 15.5 Å². The number of benzene rings is 1. The zero-order valence-corrected chi connectivity index (χ0v) is 15.2. The Morgan fingerprint density at radius 3 is 2.50 bits per heavy atom. The summed E-state index contributed by atoms with van der Waals surface area (Å²) < 4.78 is 0. The molecule has 0 bridgehead atoms. The number of rotatable bonds is 6. The van der Waals surface area contributed by atoms with Crippen LogP contribution in [0.5, 0.6) is 0 Å². The molecule has 1 aliphatic heterocycles. The molecule has 0 spiro atoms. The first kappa shape index (κ1) is 17.3. The van der Waals surface area contributed by atoms with Crippen LogP contribution in [0.25, 0.3) is 0 Å². The van der Waals surface area contributed by atoms with Gasteiger partial charge in [0.25, 0.3) is 0 Å². The molecule has 1 aromatic carbocycles. The summed E-state index contributed by atoms with van der Waals surface area (Å²) in [7, 11) is 1.88. The highest BCUT2D eigenvalue weighted by molar-refractivity contribution is 5.80. The fourth-order valence-electron chi connectivity index (χ4n) is 3.77. The van der Waals surface area contributed by atoms with Crippen molar-refractivity contribution in [2.75, 3.05) is 33.2 Å². The van der Waals surface area contributed by atoms with E-state index in [9.17, 15) is 0 Å². The van der Waals surface area contributed by atoms with Crippen LogP contribution in [0.2, 0.25) is 0 Å². The van der Waals surface area contributed by atoms with Gasteiger partial charge in [-0.25, -0.2) is 0 Å². The Kier molecular flexibility index (Phi) is 5.77. The molecule has 1 aliphatic carbocycles. The molecule has 2 aliphatic rings. The standard InChI is InChI=1S/C20H32N4/c1-3-13-24-14-9-18(10-15-24)23-19(21-2)22-16-20(11-12-20)17-7-5-4-6-8-17/h4-8,18H,3,9-16H2,1-2H3,(H2,21,22,23). The van der Waals surface area contributed by atoms with E-state index in [-0.39, 0.29) is 0 Å². The van der Waals surface area contributed by atoms with E-state index in [2.05, 4.69) is 57.8 Å². The van der Waals surface area contributed by atoms with Crippen molar-refractivity contribution in [2.24, 2.45) is 4.99 Å². The van der Waals surface area contributed by atoms with Crippen molar-refractivity contribution in [2.45, 2.75) is 50.5 Å². The molecule has 4 nitrogen and oxygen atoms in total. The third kappa shape index (κ3) is 4.29. The summed E-state index contributed by atoms with van der Waals surface area (Å²) in [6, 6.07) is 11.5. The first-order valence-corrected chi connectivity index (χ1v) is 9.51. The number of aliphatic imine (C=N–C) groups is 1. The summed E-state index contributed by atoms with van der Waals surface area (Å²) in [6.45, 7) is 6.88. The second kappa shape index (κ2) is 8.02. The van der Waals surface area contributed by atoms with Crippen molar-refractivity contribution in [1.29, 1.82) is 0 Å². The Bertz CT molecular complexity index is 528. The number of nitrogens with one attached hydrogen (secondary N) is 2. The number of guanidine groups is 1. The van der Waals surface area contributed by atoms with Gasteiger partial charge in [-0.2, -0.15) is 0 Å². The van der Waals surface area contributed by atoms with Crippen LogP contribution < -0.4 is 10.6 Å². The highest BCUT2D eigenvalue weighted by Gasteiger charge is 2.44. The van der Waals surface area contributed by atoms with Crippen molar-refractivity contribution in [3.8, 4) is 0 Å². The monoisotopic (exact) mass is 328 g/mol. The molecule has 3 rings (SSSR count). The number of hydrogen-bond donors (Lipinski definition) is 2. The molecule has 1 aromatic rings. The number of piperidine rings is 1. The van der Waals surface area contributed by atoms with Crippen LogP contribution in [-0.4, -0.2) is 50.1 Å². The zero-order valence-electron chi connectivity index (χ0n) is 15.2. The quantitative estimate of drug-likeness (QED) is 0.623. The predicted molar refractivity (Wildman–Crippen MR) is 102 cm³/mol. The second-order valence-corrected chi connectivity index (χ2v) is 7.33. The summed E-state index contributed by atoms with van der Waals surface area (Å²) in [5, 5.41) is 7.21. The lowest BCUT2D eigenvalue weighted by Gasteiger charge is -2.33. The lowest BCUT2D eigenvalue weighted by Crippen LogP contribution is -2.49. The Morgan fingerprint density at radius 1 is 1.21 bits per heavy atom.